The molecule has 0 unspecified atom stereocenters. The molecule has 0 bridgehead atoms. The molecule has 148 valence electrons. The summed E-state index contributed by atoms with van der Waals surface area (Å²) in [7, 11) is 0. The van der Waals surface area contributed by atoms with Gasteiger partial charge < -0.3 is 0 Å². The van der Waals surface area contributed by atoms with Crippen molar-refractivity contribution in [2.75, 3.05) is 0 Å². The predicted octanol–water partition coefficient (Wildman–Crippen LogP) is 7.96. The van der Waals surface area contributed by atoms with Gasteiger partial charge in [-0.1, -0.05) is 101 Å². The summed E-state index contributed by atoms with van der Waals surface area (Å²) >= 11 is 0. The van der Waals surface area contributed by atoms with Crippen LogP contribution in [0.2, 0.25) is 0 Å². The number of aryl methyl sites for hydroxylation is 2. The first-order valence-corrected chi connectivity index (χ1v) is 9.66. The molecule has 0 amide bonds. The molecule has 0 aliphatic heterocycles. The zero-order valence-corrected chi connectivity index (χ0v) is 18.8. The average molecular weight is 367 g/mol. The zero-order valence-electron chi connectivity index (χ0n) is 18.8. The summed E-state index contributed by atoms with van der Waals surface area (Å²) in [5, 5.41) is 14.6. The Balaban J connectivity index is -0.000000441. The van der Waals surface area contributed by atoms with E-state index in [2.05, 4.69) is 83.1 Å². The van der Waals surface area contributed by atoms with E-state index in [0.717, 1.165) is 0 Å². The van der Waals surface area contributed by atoms with Gasteiger partial charge in [-0.05, 0) is 25.0 Å². The quantitative estimate of drug-likeness (QED) is 0.541. The van der Waals surface area contributed by atoms with Crippen LogP contribution in [0.5, 0.6) is 0 Å². The first-order valence-electron chi connectivity index (χ1n) is 9.66. The zero-order chi connectivity index (χ0) is 21.7. The van der Waals surface area contributed by atoms with Crippen molar-refractivity contribution in [2.45, 2.75) is 74.7 Å². The van der Waals surface area contributed by atoms with Gasteiger partial charge in [0.15, 0.2) is 0 Å². The summed E-state index contributed by atoms with van der Waals surface area (Å²) in [6.07, 6.45) is 1.25. The second-order valence-corrected chi connectivity index (χ2v) is 5.70. The predicted molar refractivity (Wildman–Crippen MR) is 120 cm³/mol. The van der Waals surface area contributed by atoms with Gasteiger partial charge in [0.05, 0.1) is 12.1 Å². The molecule has 2 rings (SSSR count). The SMILES string of the molecule is CC.CC#N.CC#N.CCC.Cc1ccc(C(C)c2ccc(C)cc2)cc1. The molecule has 2 nitrogen and oxygen atoms in total. The van der Waals surface area contributed by atoms with Gasteiger partial charge in [-0.25, -0.2) is 0 Å². The number of nitriles is 2. The number of nitrogens with zero attached hydrogens (tertiary/aromatic N) is 2. The molecule has 2 aromatic rings. The van der Waals surface area contributed by atoms with Crippen LogP contribution in [0.1, 0.15) is 83.1 Å². The normalized spacial score (nSPS) is 7.85. The standard InChI is InChI=1S/C16H18.C3H8.2C2H3N.C2H6/c1-12-4-8-15(9-5-12)14(3)16-10-6-13(2)7-11-16;1-3-2;2*1-2-3;1-2/h4-11,14H,1-3H3;3H2,1-2H3;2*1H3;1-2H3. The smallest absolute Gasteiger partial charge is 0.0587 e. The fourth-order valence-electron chi connectivity index (χ4n) is 1.90. The van der Waals surface area contributed by atoms with E-state index in [1.807, 2.05) is 13.8 Å². The molecule has 2 aromatic carbocycles. The van der Waals surface area contributed by atoms with Gasteiger partial charge in [0.1, 0.15) is 0 Å². The van der Waals surface area contributed by atoms with E-state index < -0.39 is 0 Å². The molecule has 0 N–H and O–H groups in total. The van der Waals surface area contributed by atoms with Gasteiger partial charge in [0.25, 0.3) is 0 Å². The number of rotatable bonds is 2. The first-order chi connectivity index (χ1) is 12.9. The third-order valence-corrected chi connectivity index (χ3v) is 3.15. The molecule has 2 heteroatoms. The molecule has 0 aromatic heterocycles. The monoisotopic (exact) mass is 366 g/mol. The summed E-state index contributed by atoms with van der Waals surface area (Å²) in [6, 6.07) is 21.1. The highest BCUT2D eigenvalue weighted by Crippen LogP contribution is 2.24. The van der Waals surface area contributed by atoms with E-state index >= 15 is 0 Å². The van der Waals surface area contributed by atoms with E-state index in [0.29, 0.717) is 5.92 Å². The molecule has 0 aliphatic carbocycles. The Morgan fingerprint density at radius 2 is 0.889 bits per heavy atom. The highest BCUT2D eigenvalue weighted by molar-refractivity contribution is 5.34. The van der Waals surface area contributed by atoms with Crippen LogP contribution in [0.25, 0.3) is 0 Å². The lowest BCUT2D eigenvalue weighted by Crippen LogP contribution is -1.95. The number of hydrogen-bond acceptors (Lipinski definition) is 2. The minimum Gasteiger partial charge on any atom is -0.199 e. The first kappa shape index (κ1) is 29.2. The minimum absolute atomic E-state index is 0.473. The van der Waals surface area contributed by atoms with Crippen molar-refractivity contribution in [3.05, 3.63) is 70.8 Å². The Bertz CT molecular complexity index is 569. The van der Waals surface area contributed by atoms with E-state index in [1.165, 1.54) is 42.5 Å². The Kier molecular flexibility index (Phi) is 23.2. The Labute approximate surface area is 168 Å². The summed E-state index contributed by atoms with van der Waals surface area (Å²) in [5.74, 6) is 0.473. The van der Waals surface area contributed by atoms with Crippen LogP contribution < -0.4 is 0 Å². The molecule has 0 heterocycles. The molecule has 0 aliphatic rings. The van der Waals surface area contributed by atoms with Crippen molar-refractivity contribution in [2.24, 2.45) is 0 Å². The summed E-state index contributed by atoms with van der Waals surface area (Å²) in [4.78, 5) is 0. The highest BCUT2D eigenvalue weighted by Gasteiger charge is 2.07. The van der Waals surface area contributed by atoms with Crippen molar-refractivity contribution >= 4 is 0 Å². The number of hydrogen-bond donors (Lipinski definition) is 0. The van der Waals surface area contributed by atoms with E-state index in [4.69, 9.17) is 10.5 Å². The molecular formula is C25H38N2. The highest BCUT2D eigenvalue weighted by atomic mass is 14.2. The number of benzene rings is 2. The van der Waals surface area contributed by atoms with Gasteiger partial charge in [0.2, 0.25) is 0 Å². The molecule has 0 spiro atoms. The topological polar surface area (TPSA) is 47.6 Å². The Morgan fingerprint density at radius 1 is 0.704 bits per heavy atom. The second-order valence-electron chi connectivity index (χ2n) is 5.70. The van der Waals surface area contributed by atoms with Crippen molar-refractivity contribution in [1.82, 2.24) is 0 Å². The maximum absolute atomic E-state index is 7.32. The lowest BCUT2D eigenvalue weighted by Gasteiger charge is -2.12. The molecule has 0 radical (unpaired) electrons. The van der Waals surface area contributed by atoms with Crippen LogP contribution >= 0.6 is 0 Å². The third kappa shape index (κ3) is 16.6. The van der Waals surface area contributed by atoms with Crippen LogP contribution in [0.3, 0.4) is 0 Å². The van der Waals surface area contributed by atoms with E-state index in [-0.39, 0.29) is 0 Å². The Hall–Kier alpha value is -2.58. The maximum Gasteiger partial charge on any atom is 0.0587 e. The summed E-state index contributed by atoms with van der Waals surface area (Å²) < 4.78 is 0. The lowest BCUT2D eigenvalue weighted by molar-refractivity contribution is 0.920. The van der Waals surface area contributed by atoms with Crippen LogP contribution in [-0.4, -0.2) is 0 Å². The van der Waals surface area contributed by atoms with Gasteiger partial charge >= 0.3 is 0 Å². The van der Waals surface area contributed by atoms with Gasteiger partial charge in [-0.15, -0.1) is 0 Å². The van der Waals surface area contributed by atoms with Crippen LogP contribution in [0, 0.1) is 36.5 Å². The maximum atomic E-state index is 7.32. The van der Waals surface area contributed by atoms with Crippen LogP contribution in [0.4, 0.5) is 0 Å². The van der Waals surface area contributed by atoms with Crippen LogP contribution in [-0.2, 0) is 0 Å². The van der Waals surface area contributed by atoms with E-state index in [1.54, 1.807) is 12.1 Å². The second kappa shape index (κ2) is 21.5. The van der Waals surface area contributed by atoms with Crippen molar-refractivity contribution in [3.63, 3.8) is 0 Å². The third-order valence-electron chi connectivity index (χ3n) is 3.15. The van der Waals surface area contributed by atoms with Gasteiger partial charge in [0, 0.05) is 19.8 Å². The molecule has 0 fully saturated rings. The van der Waals surface area contributed by atoms with Crippen molar-refractivity contribution in [1.29, 1.82) is 10.5 Å². The van der Waals surface area contributed by atoms with E-state index in [9.17, 15) is 0 Å². The minimum atomic E-state index is 0.473. The van der Waals surface area contributed by atoms with Gasteiger partial charge in [-0.3, -0.25) is 0 Å². The van der Waals surface area contributed by atoms with Gasteiger partial charge in [-0.2, -0.15) is 10.5 Å². The molecule has 0 atom stereocenters. The fourth-order valence-corrected chi connectivity index (χ4v) is 1.90. The Morgan fingerprint density at radius 3 is 1.07 bits per heavy atom. The fraction of sp³-hybridized carbons (Fsp3) is 0.440. The van der Waals surface area contributed by atoms with Crippen LogP contribution in [0.15, 0.2) is 48.5 Å². The lowest BCUT2D eigenvalue weighted by atomic mass is 9.92. The summed E-state index contributed by atoms with van der Waals surface area (Å²) in [6.45, 7) is 17.6. The molecular weight excluding hydrogens is 328 g/mol. The molecule has 0 saturated heterocycles. The van der Waals surface area contributed by atoms with Crippen molar-refractivity contribution < 1.29 is 0 Å². The molecule has 0 saturated carbocycles. The summed E-state index contributed by atoms with van der Waals surface area (Å²) in [5.41, 5.74) is 5.41. The largest absolute Gasteiger partial charge is 0.199 e. The van der Waals surface area contributed by atoms with Crippen molar-refractivity contribution in [3.8, 4) is 12.1 Å². The molecule has 27 heavy (non-hydrogen) atoms. The average Bonchev–Trinajstić information content (AvgIpc) is 2.66.